The number of rotatable bonds is 7. The summed E-state index contributed by atoms with van der Waals surface area (Å²) in [6, 6.07) is 20.6. The van der Waals surface area contributed by atoms with E-state index in [-0.39, 0.29) is 6.29 Å². The van der Waals surface area contributed by atoms with E-state index in [1.165, 1.54) is 11.1 Å². The molecular formula is C20H24O6. The molecule has 4 unspecified atom stereocenters. The van der Waals surface area contributed by atoms with Crippen LogP contribution in [0.25, 0.3) is 12.2 Å². The number of carbonyl (C=O) groups is 1. The second-order valence-corrected chi connectivity index (χ2v) is 5.51. The zero-order valence-electron chi connectivity index (χ0n) is 14.2. The normalized spacial score (nSPS) is 15.4. The zero-order chi connectivity index (χ0) is 19.4. The Balaban J connectivity index is 0.000000265. The van der Waals surface area contributed by atoms with E-state index in [2.05, 4.69) is 36.4 Å². The SMILES string of the molecule is C(=Cc1ccccc1)c1ccccc1.O=CC(O)C(O)C(O)C(O)CO. The number of aliphatic hydroxyl groups is 5. The van der Waals surface area contributed by atoms with E-state index < -0.39 is 31.0 Å². The summed E-state index contributed by atoms with van der Waals surface area (Å²) in [5.41, 5.74) is 2.47. The van der Waals surface area contributed by atoms with Crippen molar-refractivity contribution in [2.75, 3.05) is 6.61 Å². The number of hydrogen-bond acceptors (Lipinski definition) is 6. The first-order valence-electron chi connectivity index (χ1n) is 8.06. The van der Waals surface area contributed by atoms with Crippen LogP contribution in [0.1, 0.15) is 11.1 Å². The van der Waals surface area contributed by atoms with Crippen LogP contribution in [0, 0.1) is 0 Å². The van der Waals surface area contributed by atoms with Gasteiger partial charge in [-0.3, -0.25) is 0 Å². The molecule has 2 aromatic carbocycles. The van der Waals surface area contributed by atoms with Crippen molar-refractivity contribution in [2.24, 2.45) is 0 Å². The standard InChI is InChI=1S/C14H12.C6H12O6/c1-3-7-13(8-4-1)11-12-14-9-5-2-6-10-14;7-1-3(9)5(11)6(12)4(10)2-8/h1-12H;1,3-6,8-12H,2H2. The molecule has 2 aromatic rings. The van der Waals surface area contributed by atoms with Crippen LogP contribution in [-0.2, 0) is 4.79 Å². The maximum Gasteiger partial charge on any atom is 0.151 e. The molecular weight excluding hydrogens is 336 g/mol. The summed E-state index contributed by atoms with van der Waals surface area (Å²) in [6.45, 7) is -0.760. The summed E-state index contributed by atoms with van der Waals surface area (Å²) in [7, 11) is 0. The minimum atomic E-state index is -1.79. The third-order valence-electron chi connectivity index (χ3n) is 3.49. The van der Waals surface area contributed by atoms with Crippen LogP contribution in [0.4, 0.5) is 0 Å². The van der Waals surface area contributed by atoms with E-state index in [1.807, 2.05) is 36.4 Å². The van der Waals surface area contributed by atoms with Crippen molar-refractivity contribution in [1.82, 2.24) is 0 Å². The van der Waals surface area contributed by atoms with Crippen molar-refractivity contribution in [1.29, 1.82) is 0 Å². The van der Waals surface area contributed by atoms with Gasteiger partial charge in [-0.05, 0) is 11.1 Å². The van der Waals surface area contributed by atoms with Crippen LogP contribution in [0.15, 0.2) is 60.7 Å². The van der Waals surface area contributed by atoms with Crippen molar-refractivity contribution < 1.29 is 30.3 Å². The highest BCUT2D eigenvalue weighted by molar-refractivity contribution is 5.69. The molecule has 6 nitrogen and oxygen atoms in total. The fraction of sp³-hybridized carbons (Fsp3) is 0.250. The molecule has 0 aliphatic rings. The van der Waals surface area contributed by atoms with Crippen LogP contribution < -0.4 is 0 Å². The highest BCUT2D eigenvalue weighted by Gasteiger charge is 2.29. The average Bonchev–Trinajstić information content (AvgIpc) is 2.71. The first-order valence-corrected chi connectivity index (χ1v) is 8.06. The van der Waals surface area contributed by atoms with Crippen LogP contribution in [-0.4, -0.2) is 62.8 Å². The van der Waals surface area contributed by atoms with Crippen molar-refractivity contribution in [3.63, 3.8) is 0 Å². The molecule has 0 aromatic heterocycles. The van der Waals surface area contributed by atoms with Gasteiger partial charge in [-0.1, -0.05) is 72.8 Å². The van der Waals surface area contributed by atoms with Gasteiger partial charge in [0.05, 0.1) is 6.61 Å². The van der Waals surface area contributed by atoms with Gasteiger partial charge in [0.2, 0.25) is 0 Å². The third-order valence-corrected chi connectivity index (χ3v) is 3.49. The molecule has 0 heterocycles. The first kappa shape index (κ1) is 21.7. The molecule has 2 rings (SSSR count). The van der Waals surface area contributed by atoms with Gasteiger partial charge in [0.15, 0.2) is 6.29 Å². The van der Waals surface area contributed by atoms with Crippen molar-refractivity contribution in [3.8, 4) is 0 Å². The minimum Gasteiger partial charge on any atom is -0.394 e. The monoisotopic (exact) mass is 360 g/mol. The number of benzene rings is 2. The maximum atomic E-state index is 9.90. The molecule has 0 aliphatic heterocycles. The van der Waals surface area contributed by atoms with E-state index in [1.54, 1.807) is 0 Å². The van der Waals surface area contributed by atoms with Crippen LogP contribution in [0.2, 0.25) is 0 Å². The molecule has 0 amide bonds. The predicted octanol–water partition coefficient (Wildman–Crippen LogP) is 0.478. The fourth-order valence-electron chi connectivity index (χ4n) is 1.94. The summed E-state index contributed by atoms with van der Waals surface area (Å²) in [6.07, 6.45) is -2.60. The van der Waals surface area contributed by atoms with Gasteiger partial charge in [0, 0.05) is 0 Å². The van der Waals surface area contributed by atoms with E-state index in [0.29, 0.717) is 0 Å². The minimum absolute atomic E-state index is 0.0258. The van der Waals surface area contributed by atoms with E-state index in [9.17, 15) is 4.79 Å². The highest BCUT2D eigenvalue weighted by Crippen LogP contribution is 2.07. The van der Waals surface area contributed by atoms with Gasteiger partial charge in [-0.15, -0.1) is 0 Å². The molecule has 0 aliphatic carbocycles. The lowest BCUT2D eigenvalue weighted by Crippen LogP contribution is -2.46. The number of hydrogen-bond donors (Lipinski definition) is 5. The summed E-state index contributed by atoms with van der Waals surface area (Å²) >= 11 is 0. The number of carbonyl (C=O) groups excluding carboxylic acids is 1. The van der Waals surface area contributed by atoms with Crippen molar-refractivity contribution in [3.05, 3.63) is 71.8 Å². The van der Waals surface area contributed by atoms with Crippen molar-refractivity contribution >= 4 is 18.4 Å². The Kier molecular flexibility index (Phi) is 10.1. The second kappa shape index (κ2) is 12.1. The van der Waals surface area contributed by atoms with E-state index >= 15 is 0 Å². The quantitative estimate of drug-likeness (QED) is 0.362. The maximum absolute atomic E-state index is 9.90. The molecule has 26 heavy (non-hydrogen) atoms. The Morgan fingerprint density at radius 1 is 0.731 bits per heavy atom. The molecule has 140 valence electrons. The first-order chi connectivity index (χ1) is 12.5. The van der Waals surface area contributed by atoms with Gasteiger partial charge < -0.3 is 30.3 Å². The zero-order valence-corrected chi connectivity index (χ0v) is 14.2. The third kappa shape index (κ3) is 7.69. The Labute approximate surface area is 152 Å². The lowest BCUT2D eigenvalue weighted by molar-refractivity contribution is -0.136. The van der Waals surface area contributed by atoms with Gasteiger partial charge in [-0.2, -0.15) is 0 Å². The Hall–Kier alpha value is -2.35. The van der Waals surface area contributed by atoms with Gasteiger partial charge >= 0.3 is 0 Å². The molecule has 0 saturated heterocycles. The lowest BCUT2D eigenvalue weighted by Gasteiger charge is -2.22. The predicted molar refractivity (Wildman–Crippen MR) is 99.0 cm³/mol. The molecule has 5 N–H and O–H groups in total. The van der Waals surface area contributed by atoms with Crippen LogP contribution in [0.5, 0.6) is 0 Å². The molecule has 0 bridgehead atoms. The highest BCUT2D eigenvalue weighted by atomic mass is 16.4. The van der Waals surface area contributed by atoms with Gasteiger partial charge in [-0.25, -0.2) is 0 Å². The average molecular weight is 360 g/mol. The largest absolute Gasteiger partial charge is 0.394 e. The van der Waals surface area contributed by atoms with Crippen LogP contribution >= 0.6 is 0 Å². The number of aldehydes is 1. The summed E-state index contributed by atoms with van der Waals surface area (Å²) in [5.74, 6) is 0. The molecule has 4 atom stereocenters. The van der Waals surface area contributed by atoms with Gasteiger partial charge in [0.1, 0.15) is 24.4 Å². The van der Waals surface area contributed by atoms with Gasteiger partial charge in [0.25, 0.3) is 0 Å². The van der Waals surface area contributed by atoms with E-state index in [0.717, 1.165) is 0 Å². The Morgan fingerprint density at radius 2 is 1.15 bits per heavy atom. The Bertz CT molecular complexity index is 602. The summed E-state index contributed by atoms with van der Waals surface area (Å²) in [4.78, 5) is 9.90. The fourth-order valence-corrected chi connectivity index (χ4v) is 1.94. The number of aliphatic hydroxyl groups excluding tert-OH is 5. The molecule has 0 fully saturated rings. The van der Waals surface area contributed by atoms with Crippen LogP contribution in [0.3, 0.4) is 0 Å². The second-order valence-electron chi connectivity index (χ2n) is 5.51. The molecule has 0 saturated carbocycles. The molecule has 6 heteroatoms. The molecule has 0 radical (unpaired) electrons. The summed E-state index contributed by atoms with van der Waals surface area (Å²) < 4.78 is 0. The van der Waals surface area contributed by atoms with Crippen molar-refractivity contribution in [2.45, 2.75) is 24.4 Å². The summed E-state index contributed by atoms with van der Waals surface area (Å²) in [5, 5.41) is 43.5. The Morgan fingerprint density at radius 3 is 1.50 bits per heavy atom. The molecule has 0 spiro atoms. The topological polar surface area (TPSA) is 118 Å². The lowest BCUT2D eigenvalue weighted by atomic mass is 10.0. The smallest absolute Gasteiger partial charge is 0.151 e. The van der Waals surface area contributed by atoms with E-state index in [4.69, 9.17) is 25.5 Å².